The van der Waals surface area contributed by atoms with Gasteiger partial charge in [0.15, 0.2) is 0 Å². The van der Waals surface area contributed by atoms with Gasteiger partial charge in [0.05, 0.1) is 16.9 Å². The predicted molar refractivity (Wildman–Crippen MR) is 93.7 cm³/mol. The van der Waals surface area contributed by atoms with Gasteiger partial charge in [0, 0.05) is 10.9 Å². The maximum atomic E-state index is 12.5. The molecule has 22 heavy (non-hydrogen) atoms. The second-order valence-electron chi connectivity index (χ2n) is 5.63. The van der Waals surface area contributed by atoms with Gasteiger partial charge >= 0.3 is 0 Å². The Morgan fingerprint density at radius 3 is 2.91 bits per heavy atom. The molecule has 116 valence electrons. The third kappa shape index (κ3) is 2.98. The summed E-state index contributed by atoms with van der Waals surface area (Å²) >= 11 is 3.29. The molecule has 0 radical (unpaired) electrons. The fourth-order valence-corrected chi connectivity index (χ4v) is 4.07. The zero-order valence-electron chi connectivity index (χ0n) is 12.8. The van der Waals surface area contributed by atoms with E-state index in [1.807, 2.05) is 29.3 Å². The molecule has 3 heterocycles. The highest BCUT2D eigenvalue weighted by Crippen LogP contribution is 2.33. The van der Waals surface area contributed by atoms with Gasteiger partial charge < -0.3 is 9.40 Å². The van der Waals surface area contributed by atoms with Crippen molar-refractivity contribution in [3.05, 3.63) is 40.0 Å². The molecule has 1 unspecified atom stereocenters. The zero-order chi connectivity index (χ0) is 15.7. The van der Waals surface area contributed by atoms with Crippen LogP contribution in [0.1, 0.15) is 31.8 Å². The van der Waals surface area contributed by atoms with Crippen LogP contribution < -0.4 is 5.56 Å². The third-order valence-corrected chi connectivity index (χ3v) is 5.77. The molecular formula is C16H18N2O2S2. The number of hydrogen-bond donors (Lipinski definition) is 1. The summed E-state index contributed by atoms with van der Waals surface area (Å²) < 4.78 is 5.41. The number of fused-ring (bicyclic) bond motifs is 1. The van der Waals surface area contributed by atoms with Crippen molar-refractivity contribution in [2.24, 2.45) is 5.92 Å². The van der Waals surface area contributed by atoms with E-state index in [1.54, 1.807) is 6.26 Å². The maximum Gasteiger partial charge on any atom is 0.260 e. The standard InChI is InChI=1S/C16H18N2O2S2/c1-9(2)7-21-10(3)14-17-15(19)13-11(8-22-16(13)18-14)12-5-4-6-20-12/h4-6,8-10H,7H2,1-3H3,(H,17,18,19). The van der Waals surface area contributed by atoms with Crippen LogP contribution in [-0.4, -0.2) is 15.7 Å². The molecule has 4 nitrogen and oxygen atoms in total. The molecule has 0 aliphatic carbocycles. The van der Waals surface area contributed by atoms with Crippen molar-refractivity contribution >= 4 is 33.3 Å². The first-order valence-electron chi connectivity index (χ1n) is 7.23. The topological polar surface area (TPSA) is 58.9 Å². The zero-order valence-corrected chi connectivity index (χ0v) is 14.4. The Balaban J connectivity index is 1.99. The number of nitrogens with one attached hydrogen (secondary N) is 1. The Labute approximate surface area is 137 Å². The van der Waals surface area contributed by atoms with Crippen molar-refractivity contribution in [2.75, 3.05) is 5.75 Å². The van der Waals surface area contributed by atoms with Gasteiger partial charge in [-0.3, -0.25) is 4.79 Å². The van der Waals surface area contributed by atoms with Gasteiger partial charge in [-0.05, 0) is 30.7 Å². The molecule has 3 aromatic heterocycles. The number of nitrogens with zero attached hydrogens (tertiary/aromatic N) is 1. The minimum absolute atomic E-state index is 0.0929. The van der Waals surface area contributed by atoms with Crippen LogP contribution in [0, 0.1) is 5.92 Å². The molecule has 1 N–H and O–H groups in total. The Hall–Kier alpha value is -1.53. The average Bonchev–Trinajstić information content (AvgIpc) is 3.12. The molecule has 0 saturated heterocycles. The summed E-state index contributed by atoms with van der Waals surface area (Å²) in [4.78, 5) is 20.8. The van der Waals surface area contributed by atoms with Gasteiger partial charge in [-0.15, -0.1) is 11.3 Å². The van der Waals surface area contributed by atoms with Crippen LogP contribution in [0.25, 0.3) is 21.5 Å². The van der Waals surface area contributed by atoms with Crippen LogP contribution in [0.2, 0.25) is 0 Å². The van der Waals surface area contributed by atoms with E-state index < -0.39 is 0 Å². The van der Waals surface area contributed by atoms with E-state index in [0.717, 1.165) is 22.0 Å². The SMILES string of the molecule is CC(C)CSC(C)c1nc2scc(-c3ccco3)c2c(=O)[nH]1. The summed E-state index contributed by atoms with van der Waals surface area (Å²) in [5, 5.41) is 2.72. The van der Waals surface area contributed by atoms with Gasteiger partial charge in [-0.1, -0.05) is 13.8 Å². The molecule has 1 atom stereocenters. The molecule has 3 rings (SSSR count). The highest BCUT2D eigenvalue weighted by molar-refractivity contribution is 7.99. The van der Waals surface area contributed by atoms with E-state index in [1.165, 1.54) is 11.3 Å². The second-order valence-corrected chi connectivity index (χ2v) is 7.86. The van der Waals surface area contributed by atoms with Crippen molar-refractivity contribution in [3.8, 4) is 11.3 Å². The largest absolute Gasteiger partial charge is 0.464 e. The summed E-state index contributed by atoms with van der Waals surface area (Å²) in [5.41, 5.74) is 0.720. The summed E-state index contributed by atoms with van der Waals surface area (Å²) in [6.07, 6.45) is 1.61. The molecule has 6 heteroatoms. The number of hydrogen-bond acceptors (Lipinski definition) is 5. The van der Waals surface area contributed by atoms with Crippen molar-refractivity contribution in [3.63, 3.8) is 0 Å². The monoisotopic (exact) mass is 334 g/mol. The Kier molecular flexibility index (Phi) is 4.40. The van der Waals surface area contributed by atoms with Gasteiger partial charge in [0.1, 0.15) is 16.4 Å². The first kappa shape index (κ1) is 15.4. The summed E-state index contributed by atoms with van der Waals surface area (Å²) in [6.45, 7) is 6.46. The van der Waals surface area contributed by atoms with Gasteiger partial charge in [-0.25, -0.2) is 4.98 Å². The number of aromatic nitrogens is 2. The minimum atomic E-state index is -0.0929. The fraction of sp³-hybridized carbons (Fsp3) is 0.375. The molecule has 0 bridgehead atoms. The van der Waals surface area contributed by atoms with E-state index in [0.29, 0.717) is 17.1 Å². The molecular weight excluding hydrogens is 316 g/mol. The van der Waals surface area contributed by atoms with Crippen LogP contribution >= 0.6 is 23.1 Å². The molecule has 0 saturated carbocycles. The lowest BCUT2D eigenvalue weighted by atomic mass is 10.2. The molecule has 0 aromatic carbocycles. The molecule has 3 aromatic rings. The second kappa shape index (κ2) is 6.30. The number of furan rings is 1. The first-order valence-corrected chi connectivity index (χ1v) is 9.16. The highest BCUT2D eigenvalue weighted by atomic mass is 32.2. The van der Waals surface area contributed by atoms with E-state index >= 15 is 0 Å². The van der Waals surface area contributed by atoms with E-state index in [-0.39, 0.29) is 10.8 Å². The number of rotatable bonds is 5. The van der Waals surface area contributed by atoms with Crippen molar-refractivity contribution < 1.29 is 4.42 Å². The van der Waals surface area contributed by atoms with Crippen LogP contribution in [0.4, 0.5) is 0 Å². The quantitative estimate of drug-likeness (QED) is 0.735. The Bertz CT molecular complexity index is 818. The summed E-state index contributed by atoms with van der Waals surface area (Å²) in [7, 11) is 0. The molecule has 0 fully saturated rings. The van der Waals surface area contributed by atoms with Crippen LogP contribution in [0.3, 0.4) is 0 Å². The lowest BCUT2D eigenvalue weighted by Crippen LogP contribution is -2.12. The number of H-pyrrole nitrogens is 1. The van der Waals surface area contributed by atoms with Gasteiger partial charge in [-0.2, -0.15) is 11.8 Å². The van der Waals surface area contributed by atoms with Crippen LogP contribution in [0.15, 0.2) is 33.0 Å². The predicted octanol–water partition coefficient (Wildman–Crippen LogP) is 4.69. The Morgan fingerprint density at radius 2 is 2.23 bits per heavy atom. The normalized spacial score (nSPS) is 13.1. The minimum Gasteiger partial charge on any atom is -0.464 e. The number of aromatic amines is 1. The van der Waals surface area contributed by atoms with E-state index in [2.05, 4.69) is 30.7 Å². The number of thioether (sulfide) groups is 1. The first-order chi connectivity index (χ1) is 10.6. The lowest BCUT2D eigenvalue weighted by Gasteiger charge is -2.12. The molecule has 0 amide bonds. The summed E-state index contributed by atoms with van der Waals surface area (Å²) in [5.74, 6) is 3.12. The highest BCUT2D eigenvalue weighted by Gasteiger charge is 2.17. The number of thiophene rings is 1. The van der Waals surface area contributed by atoms with Gasteiger partial charge in [0.25, 0.3) is 5.56 Å². The summed E-state index contributed by atoms with van der Waals surface area (Å²) in [6, 6.07) is 3.68. The molecule has 0 spiro atoms. The van der Waals surface area contributed by atoms with Crippen molar-refractivity contribution in [1.29, 1.82) is 0 Å². The van der Waals surface area contributed by atoms with E-state index in [9.17, 15) is 4.79 Å². The van der Waals surface area contributed by atoms with Gasteiger partial charge in [0.2, 0.25) is 0 Å². The van der Waals surface area contributed by atoms with Crippen molar-refractivity contribution in [1.82, 2.24) is 9.97 Å². The Morgan fingerprint density at radius 1 is 1.41 bits per heavy atom. The smallest absolute Gasteiger partial charge is 0.260 e. The van der Waals surface area contributed by atoms with Crippen molar-refractivity contribution in [2.45, 2.75) is 26.0 Å². The van der Waals surface area contributed by atoms with Crippen LogP contribution in [-0.2, 0) is 0 Å². The fourth-order valence-electron chi connectivity index (χ4n) is 2.19. The lowest BCUT2D eigenvalue weighted by molar-refractivity contribution is 0.583. The van der Waals surface area contributed by atoms with Crippen LogP contribution in [0.5, 0.6) is 0 Å². The maximum absolute atomic E-state index is 12.5. The molecule has 0 aliphatic heterocycles. The molecule has 0 aliphatic rings. The third-order valence-electron chi connectivity index (χ3n) is 3.31. The van der Waals surface area contributed by atoms with E-state index in [4.69, 9.17) is 4.42 Å². The average molecular weight is 334 g/mol.